The second-order valence-electron chi connectivity index (χ2n) is 10.2. The van der Waals surface area contributed by atoms with Gasteiger partial charge in [-0.25, -0.2) is 14.6 Å². The molecule has 2 aromatic rings. The fourth-order valence-electron chi connectivity index (χ4n) is 3.87. The number of nitrogens with one attached hydrogen (secondary N) is 2. The van der Waals surface area contributed by atoms with Crippen LogP contribution in [0.3, 0.4) is 0 Å². The fraction of sp³-hybridized carbons (Fsp3) is 0.500. The molecule has 0 radical (unpaired) electrons. The molecule has 1 aliphatic carbocycles. The van der Waals surface area contributed by atoms with Gasteiger partial charge in [-0.1, -0.05) is 32.5 Å². The molecule has 2 amide bonds. The number of amides is 2. The molecule has 0 spiro atoms. The Bertz CT molecular complexity index is 1160. The zero-order valence-electron chi connectivity index (χ0n) is 22.2. The molecule has 2 heterocycles. The standard InChI is InChI=1S/C26H38N6O4Si/c1-5-36-25(33)24(27)20(16-28-17-35-12-13-37(2,3)4)18-14-22-21(29-15-18)10-11-23(31-22)32-26(34)30-19-8-6-7-9-19/h10-11,14-16,19H,5-9,12-13,17,27H2,1-4H3,(H2,30,31,32,34). The number of carbonyl (C=O) groups excluding carboxylic acids is 2. The van der Waals surface area contributed by atoms with Crippen LogP contribution in [0.15, 0.2) is 35.1 Å². The Morgan fingerprint density at radius 2 is 1.97 bits per heavy atom. The minimum absolute atomic E-state index is 0.0842. The number of rotatable bonds is 11. The number of hydrogen-bond donors (Lipinski definition) is 3. The fourth-order valence-corrected chi connectivity index (χ4v) is 4.63. The minimum Gasteiger partial charge on any atom is -0.461 e. The minimum atomic E-state index is -1.20. The number of hydrogen-bond acceptors (Lipinski definition) is 8. The van der Waals surface area contributed by atoms with Crippen molar-refractivity contribution in [2.75, 3.05) is 25.3 Å². The molecule has 10 nitrogen and oxygen atoms in total. The number of esters is 1. The van der Waals surface area contributed by atoms with E-state index >= 15 is 0 Å². The van der Waals surface area contributed by atoms with Gasteiger partial charge in [-0.15, -0.1) is 0 Å². The second-order valence-corrected chi connectivity index (χ2v) is 15.9. The molecule has 1 aliphatic rings. The first-order valence-corrected chi connectivity index (χ1v) is 16.5. The van der Waals surface area contributed by atoms with Gasteiger partial charge < -0.3 is 20.5 Å². The van der Waals surface area contributed by atoms with E-state index in [1.165, 1.54) is 6.21 Å². The monoisotopic (exact) mass is 526 g/mol. The number of aromatic nitrogens is 2. The lowest BCUT2D eigenvalue weighted by Crippen LogP contribution is -2.36. The number of aliphatic imine (C=N–C) groups is 1. The predicted octanol–water partition coefficient (Wildman–Crippen LogP) is 4.31. The van der Waals surface area contributed by atoms with Gasteiger partial charge in [-0.05, 0) is 44.0 Å². The summed E-state index contributed by atoms with van der Waals surface area (Å²) in [6, 6.07) is 6.18. The topological polar surface area (TPSA) is 141 Å². The maximum absolute atomic E-state index is 12.4. The van der Waals surface area contributed by atoms with Crippen LogP contribution in [0.4, 0.5) is 10.6 Å². The quantitative estimate of drug-likeness (QED) is 0.130. The van der Waals surface area contributed by atoms with Crippen molar-refractivity contribution < 1.29 is 19.1 Å². The highest BCUT2D eigenvalue weighted by atomic mass is 28.3. The molecule has 1 saturated carbocycles. The molecule has 0 atom stereocenters. The zero-order chi connectivity index (χ0) is 26.8. The summed E-state index contributed by atoms with van der Waals surface area (Å²) in [7, 11) is -1.20. The Morgan fingerprint density at radius 3 is 2.68 bits per heavy atom. The lowest BCUT2D eigenvalue weighted by atomic mass is 10.1. The van der Waals surface area contributed by atoms with E-state index in [1.54, 1.807) is 31.3 Å². The summed E-state index contributed by atoms with van der Waals surface area (Å²) >= 11 is 0. The number of ether oxygens (including phenoxy) is 2. The summed E-state index contributed by atoms with van der Waals surface area (Å²) in [5.74, 6) is -0.244. The van der Waals surface area contributed by atoms with E-state index in [9.17, 15) is 9.59 Å². The van der Waals surface area contributed by atoms with Crippen LogP contribution in [-0.2, 0) is 14.3 Å². The number of pyridine rings is 2. The number of nitrogens with two attached hydrogens (primary N) is 1. The third-order valence-electron chi connectivity index (χ3n) is 5.95. The van der Waals surface area contributed by atoms with E-state index in [4.69, 9.17) is 15.2 Å². The maximum atomic E-state index is 12.4. The van der Waals surface area contributed by atoms with Gasteiger partial charge in [-0.2, -0.15) is 0 Å². The summed E-state index contributed by atoms with van der Waals surface area (Å²) in [6.07, 6.45) is 7.35. The van der Waals surface area contributed by atoms with Gasteiger partial charge in [0.1, 0.15) is 18.2 Å². The Morgan fingerprint density at radius 1 is 1.22 bits per heavy atom. The number of allylic oxidation sites excluding steroid dienone is 1. The van der Waals surface area contributed by atoms with E-state index in [0.717, 1.165) is 31.7 Å². The van der Waals surface area contributed by atoms with Gasteiger partial charge in [0.15, 0.2) is 0 Å². The Hall–Kier alpha value is -3.31. The van der Waals surface area contributed by atoms with Gasteiger partial charge in [0, 0.05) is 44.3 Å². The van der Waals surface area contributed by atoms with Gasteiger partial charge in [0.05, 0.1) is 17.6 Å². The van der Waals surface area contributed by atoms with E-state index < -0.39 is 14.0 Å². The van der Waals surface area contributed by atoms with Crippen molar-refractivity contribution in [2.45, 2.75) is 64.3 Å². The lowest BCUT2D eigenvalue weighted by molar-refractivity contribution is -0.138. The first kappa shape index (κ1) is 28.3. The Labute approximate surface area is 219 Å². The average molecular weight is 527 g/mol. The number of urea groups is 1. The lowest BCUT2D eigenvalue weighted by Gasteiger charge is -2.14. The third kappa shape index (κ3) is 8.94. The van der Waals surface area contributed by atoms with Crippen LogP contribution in [0.5, 0.6) is 0 Å². The highest BCUT2D eigenvalue weighted by molar-refractivity contribution is 6.76. The van der Waals surface area contributed by atoms with Crippen molar-refractivity contribution >= 4 is 48.7 Å². The maximum Gasteiger partial charge on any atom is 0.354 e. The molecular formula is C26H38N6O4Si. The molecule has 1 fully saturated rings. The van der Waals surface area contributed by atoms with Crippen molar-refractivity contribution in [1.82, 2.24) is 15.3 Å². The normalized spacial score (nSPS) is 15.1. The largest absolute Gasteiger partial charge is 0.461 e. The first-order chi connectivity index (χ1) is 17.7. The molecule has 11 heteroatoms. The molecule has 0 saturated heterocycles. The van der Waals surface area contributed by atoms with E-state index in [0.29, 0.717) is 34.6 Å². The van der Waals surface area contributed by atoms with E-state index in [1.807, 2.05) is 0 Å². The van der Waals surface area contributed by atoms with Crippen LogP contribution in [0.25, 0.3) is 16.6 Å². The predicted molar refractivity (Wildman–Crippen MR) is 149 cm³/mol. The summed E-state index contributed by atoms with van der Waals surface area (Å²) in [5, 5.41) is 5.77. The Kier molecular flexibility index (Phi) is 10.2. The van der Waals surface area contributed by atoms with Gasteiger partial charge in [-0.3, -0.25) is 15.3 Å². The van der Waals surface area contributed by atoms with Crippen molar-refractivity contribution in [3.05, 3.63) is 35.7 Å². The summed E-state index contributed by atoms with van der Waals surface area (Å²) < 4.78 is 10.7. The smallest absolute Gasteiger partial charge is 0.354 e. The molecule has 37 heavy (non-hydrogen) atoms. The molecule has 3 rings (SSSR count). The van der Waals surface area contributed by atoms with Crippen molar-refractivity contribution in [2.24, 2.45) is 10.7 Å². The summed E-state index contributed by atoms with van der Waals surface area (Å²) in [6.45, 7) is 9.53. The van der Waals surface area contributed by atoms with Crippen molar-refractivity contribution in [3.63, 3.8) is 0 Å². The molecule has 0 unspecified atom stereocenters. The molecule has 2 aromatic heterocycles. The van der Waals surface area contributed by atoms with E-state index in [-0.39, 0.29) is 31.1 Å². The molecule has 4 N–H and O–H groups in total. The molecular weight excluding hydrogens is 488 g/mol. The number of fused-ring (bicyclic) bond motifs is 1. The zero-order valence-corrected chi connectivity index (χ0v) is 23.2. The van der Waals surface area contributed by atoms with Crippen LogP contribution in [0, 0.1) is 0 Å². The van der Waals surface area contributed by atoms with E-state index in [2.05, 4.69) is 45.2 Å². The highest BCUT2D eigenvalue weighted by Crippen LogP contribution is 2.21. The summed E-state index contributed by atoms with van der Waals surface area (Å²) in [4.78, 5) is 38.1. The Balaban J connectivity index is 1.80. The van der Waals surface area contributed by atoms with Gasteiger partial charge in [0.2, 0.25) is 0 Å². The number of anilines is 1. The number of nitrogens with zero attached hydrogens (tertiary/aromatic N) is 3. The van der Waals surface area contributed by atoms with Crippen molar-refractivity contribution in [3.8, 4) is 0 Å². The van der Waals surface area contributed by atoms with Crippen LogP contribution < -0.4 is 16.4 Å². The molecule has 200 valence electrons. The van der Waals surface area contributed by atoms with Crippen molar-refractivity contribution in [1.29, 1.82) is 0 Å². The molecule has 0 aliphatic heterocycles. The first-order valence-electron chi connectivity index (χ1n) is 12.8. The van der Waals surface area contributed by atoms with Gasteiger partial charge in [0.25, 0.3) is 0 Å². The van der Waals surface area contributed by atoms with Gasteiger partial charge >= 0.3 is 12.0 Å². The third-order valence-corrected chi connectivity index (χ3v) is 7.65. The van der Waals surface area contributed by atoms with Crippen LogP contribution in [0.2, 0.25) is 25.7 Å². The average Bonchev–Trinajstić information content (AvgIpc) is 3.35. The molecule has 0 bridgehead atoms. The van der Waals surface area contributed by atoms with Crippen LogP contribution >= 0.6 is 0 Å². The summed E-state index contributed by atoms with van der Waals surface area (Å²) in [5.41, 5.74) is 8.15. The second kappa shape index (κ2) is 13.3. The number of carbonyl (C=O) groups is 2. The van der Waals surface area contributed by atoms with Crippen LogP contribution in [0.1, 0.15) is 38.2 Å². The SMILES string of the molecule is CCOC(=O)C(N)=C(C=NCOCC[Si](C)(C)C)c1cnc2ccc(NC(=O)NC3CCCC3)nc2c1. The van der Waals surface area contributed by atoms with Crippen LogP contribution in [-0.4, -0.2) is 62.2 Å². The molecule has 0 aromatic carbocycles. The highest BCUT2D eigenvalue weighted by Gasteiger charge is 2.18.